The molecule has 2 heterocycles. The first-order valence-electron chi connectivity index (χ1n) is 10.8. The van der Waals surface area contributed by atoms with Gasteiger partial charge >= 0.3 is 0 Å². The molecule has 1 aromatic carbocycles. The highest BCUT2D eigenvalue weighted by atomic mass is 16.5. The highest BCUT2D eigenvalue weighted by molar-refractivity contribution is 5.74. The lowest BCUT2D eigenvalue weighted by atomic mass is 9.79. The van der Waals surface area contributed by atoms with Crippen molar-refractivity contribution in [3.63, 3.8) is 0 Å². The number of ether oxygens (including phenoxy) is 1. The highest BCUT2D eigenvalue weighted by Gasteiger charge is 2.35. The number of nitrogens with one attached hydrogen (secondary N) is 1. The third-order valence-corrected chi connectivity index (χ3v) is 6.97. The van der Waals surface area contributed by atoms with Crippen LogP contribution in [0.4, 0.5) is 0 Å². The van der Waals surface area contributed by atoms with Gasteiger partial charge < -0.3 is 9.84 Å². The average molecular weight is 402 g/mol. The predicted octanol–water partition coefficient (Wildman–Crippen LogP) is 2.50. The van der Waals surface area contributed by atoms with Crippen LogP contribution in [0.15, 0.2) is 14.4 Å². The molecule has 2 N–H and O–H groups in total. The summed E-state index contributed by atoms with van der Waals surface area (Å²) in [5.74, 6) is 0.638. The Morgan fingerprint density at radius 1 is 1.07 bits per heavy atom. The standard InChI is InChI=1S/C22H30N2O5/c1-12-5-3-6-13(2)18(12)24-22(28)16(17-19(25)21(27)20(17)26)15(23-24)8-4-7-14-9-10-29-11-14/h12-14,18,23,25H,3-11H2,1-2H3. The third-order valence-electron chi connectivity index (χ3n) is 6.97. The van der Waals surface area contributed by atoms with Gasteiger partial charge in [0.2, 0.25) is 5.43 Å². The molecule has 0 amide bonds. The van der Waals surface area contributed by atoms with Crippen molar-refractivity contribution < 1.29 is 9.84 Å². The minimum Gasteiger partial charge on any atom is -0.503 e. The molecule has 1 saturated heterocycles. The number of rotatable bonds is 6. The number of aromatic hydroxyl groups is 1. The summed E-state index contributed by atoms with van der Waals surface area (Å²) in [6, 6.07) is 0.0283. The number of H-pyrrole nitrogens is 1. The molecule has 1 aliphatic heterocycles. The third kappa shape index (κ3) is 3.50. The zero-order valence-electron chi connectivity index (χ0n) is 17.2. The van der Waals surface area contributed by atoms with Crippen LogP contribution in [0.25, 0.3) is 11.1 Å². The number of hydrogen-bond acceptors (Lipinski definition) is 5. The van der Waals surface area contributed by atoms with Crippen LogP contribution in [0.2, 0.25) is 0 Å². The van der Waals surface area contributed by atoms with Gasteiger partial charge in [-0.2, -0.15) is 0 Å². The lowest BCUT2D eigenvalue weighted by molar-refractivity contribution is 0.166. The van der Waals surface area contributed by atoms with E-state index in [1.54, 1.807) is 4.68 Å². The molecule has 0 bridgehead atoms. The zero-order valence-corrected chi connectivity index (χ0v) is 17.2. The van der Waals surface area contributed by atoms with Gasteiger partial charge in [0.25, 0.3) is 11.0 Å². The van der Waals surface area contributed by atoms with Gasteiger partial charge in [-0.15, -0.1) is 0 Å². The van der Waals surface area contributed by atoms with Crippen LogP contribution in [-0.2, 0) is 11.2 Å². The van der Waals surface area contributed by atoms with E-state index < -0.39 is 16.6 Å². The summed E-state index contributed by atoms with van der Waals surface area (Å²) in [5.41, 5.74) is -1.22. The second kappa shape index (κ2) is 7.94. The molecule has 2 aliphatic rings. The van der Waals surface area contributed by atoms with Crippen LogP contribution in [0.1, 0.15) is 64.1 Å². The topological polar surface area (TPSA) is 101 Å². The maximum absolute atomic E-state index is 13.3. The Labute approximate surface area is 169 Å². The molecular weight excluding hydrogens is 372 g/mol. The smallest absolute Gasteiger partial charge is 0.275 e. The molecule has 7 heteroatoms. The maximum atomic E-state index is 13.3. The first kappa shape index (κ1) is 20.1. The normalized spacial score (nSPS) is 27.7. The predicted molar refractivity (Wildman–Crippen MR) is 110 cm³/mol. The van der Waals surface area contributed by atoms with Crippen molar-refractivity contribution in [1.82, 2.24) is 9.78 Å². The molecular formula is C22H30N2O5. The highest BCUT2D eigenvalue weighted by Crippen LogP contribution is 2.38. The van der Waals surface area contributed by atoms with Gasteiger partial charge in [-0.3, -0.25) is 19.5 Å². The summed E-state index contributed by atoms with van der Waals surface area (Å²) in [6.45, 7) is 5.89. The Morgan fingerprint density at radius 2 is 1.79 bits per heavy atom. The molecule has 2 fully saturated rings. The van der Waals surface area contributed by atoms with Crippen molar-refractivity contribution in [2.75, 3.05) is 13.2 Å². The second-order valence-electron chi connectivity index (χ2n) is 9.02. The van der Waals surface area contributed by atoms with E-state index in [4.69, 9.17) is 4.74 Å². The molecule has 1 aliphatic carbocycles. The van der Waals surface area contributed by atoms with E-state index in [1.807, 2.05) is 0 Å². The van der Waals surface area contributed by atoms with Gasteiger partial charge in [0.15, 0.2) is 5.75 Å². The molecule has 1 aromatic heterocycles. The van der Waals surface area contributed by atoms with Crippen molar-refractivity contribution in [2.45, 2.75) is 64.8 Å². The largest absolute Gasteiger partial charge is 0.503 e. The Morgan fingerprint density at radius 3 is 2.41 bits per heavy atom. The van der Waals surface area contributed by atoms with Crippen LogP contribution in [-0.4, -0.2) is 28.1 Å². The monoisotopic (exact) mass is 402 g/mol. The van der Waals surface area contributed by atoms with Gasteiger partial charge in [-0.1, -0.05) is 20.3 Å². The molecule has 3 unspecified atom stereocenters. The maximum Gasteiger partial charge on any atom is 0.275 e. The molecule has 7 nitrogen and oxygen atoms in total. The van der Waals surface area contributed by atoms with E-state index in [1.165, 1.54) is 0 Å². The Bertz CT molecular complexity index is 994. The molecule has 158 valence electrons. The minimum atomic E-state index is -0.902. The number of aromatic amines is 1. The Balaban J connectivity index is 1.69. The van der Waals surface area contributed by atoms with E-state index in [9.17, 15) is 19.5 Å². The van der Waals surface area contributed by atoms with E-state index >= 15 is 0 Å². The number of aromatic nitrogens is 2. The molecule has 2 aromatic rings. The fraction of sp³-hybridized carbons (Fsp3) is 0.682. The fourth-order valence-corrected chi connectivity index (χ4v) is 5.31. The van der Waals surface area contributed by atoms with E-state index in [2.05, 4.69) is 18.9 Å². The zero-order chi connectivity index (χ0) is 20.7. The lowest BCUT2D eigenvalue weighted by Gasteiger charge is -2.34. The van der Waals surface area contributed by atoms with Crippen molar-refractivity contribution >= 4 is 0 Å². The van der Waals surface area contributed by atoms with Crippen LogP contribution < -0.4 is 16.4 Å². The fourth-order valence-electron chi connectivity index (χ4n) is 5.31. The molecule has 29 heavy (non-hydrogen) atoms. The van der Waals surface area contributed by atoms with Gasteiger partial charge in [-0.05, 0) is 56.3 Å². The number of aryl methyl sites for hydroxylation is 1. The average Bonchev–Trinajstić information content (AvgIpc) is 3.32. The van der Waals surface area contributed by atoms with E-state index in [-0.39, 0.29) is 22.7 Å². The molecule has 3 atom stereocenters. The number of hydrogen-bond donors (Lipinski definition) is 2. The first-order chi connectivity index (χ1) is 13.9. The summed E-state index contributed by atoms with van der Waals surface area (Å²) < 4.78 is 7.09. The molecule has 1 saturated carbocycles. The molecule has 4 rings (SSSR count). The first-order valence-corrected chi connectivity index (χ1v) is 10.8. The van der Waals surface area contributed by atoms with Crippen molar-refractivity contribution in [1.29, 1.82) is 0 Å². The second-order valence-corrected chi connectivity index (χ2v) is 9.02. The van der Waals surface area contributed by atoms with Gasteiger partial charge in [-0.25, -0.2) is 4.68 Å². The van der Waals surface area contributed by atoms with Gasteiger partial charge in [0.05, 0.1) is 17.2 Å². The summed E-state index contributed by atoms with van der Waals surface area (Å²) in [6.07, 6.45) is 6.75. The van der Waals surface area contributed by atoms with Crippen LogP contribution in [0.3, 0.4) is 0 Å². The van der Waals surface area contributed by atoms with E-state index in [0.717, 1.165) is 51.7 Å². The molecule has 0 radical (unpaired) electrons. The van der Waals surface area contributed by atoms with Crippen LogP contribution >= 0.6 is 0 Å². The SMILES string of the molecule is CC1CCCC(C)C1n1[nH]c(CCCC2CCOC2)c(-c2c(O)c(=O)c2=O)c1=O. The van der Waals surface area contributed by atoms with Gasteiger partial charge in [0, 0.05) is 18.9 Å². The number of nitrogens with zero attached hydrogens (tertiary/aromatic N) is 1. The van der Waals surface area contributed by atoms with Crippen molar-refractivity contribution in [3.8, 4) is 16.9 Å². The van der Waals surface area contributed by atoms with E-state index in [0.29, 0.717) is 29.9 Å². The summed E-state index contributed by atoms with van der Waals surface area (Å²) in [5, 5.41) is 13.3. The summed E-state index contributed by atoms with van der Waals surface area (Å²) >= 11 is 0. The Hall–Kier alpha value is -2.15. The van der Waals surface area contributed by atoms with Gasteiger partial charge in [0.1, 0.15) is 0 Å². The minimum absolute atomic E-state index is 0.0283. The summed E-state index contributed by atoms with van der Waals surface area (Å²) in [4.78, 5) is 37.0. The summed E-state index contributed by atoms with van der Waals surface area (Å²) in [7, 11) is 0. The van der Waals surface area contributed by atoms with Crippen LogP contribution in [0.5, 0.6) is 5.75 Å². The Kier molecular flexibility index (Phi) is 5.51. The lowest BCUT2D eigenvalue weighted by Crippen LogP contribution is -2.36. The quantitative estimate of drug-likeness (QED) is 0.723. The van der Waals surface area contributed by atoms with Crippen molar-refractivity contribution in [2.24, 2.45) is 17.8 Å². The molecule has 0 spiro atoms. The van der Waals surface area contributed by atoms with Crippen molar-refractivity contribution in [3.05, 3.63) is 36.5 Å². The van der Waals surface area contributed by atoms with Crippen LogP contribution in [0, 0.1) is 17.8 Å².